The second-order valence-electron chi connectivity index (χ2n) is 6.32. The van der Waals surface area contributed by atoms with Gasteiger partial charge >= 0.3 is 0 Å². The highest BCUT2D eigenvalue weighted by Gasteiger charge is 2.17. The van der Waals surface area contributed by atoms with Crippen molar-refractivity contribution < 1.29 is 13.6 Å². The van der Waals surface area contributed by atoms with E-state index in [0.717, 1.165) is 16.8 Å². The number of fused-ring (bicyclic) bond motifs is 1. The Morgan fingerprint density at radius 2 is 1.63 bits per heavy atom. The lowest BCUT2D eigenvalue weighted by Crippen LogP contribution is -2.28. The number of hydrazone groups is 1. The van der Waals surface area contributed by atoms with Gasteiger partial charge in [-0.2, -0.15) is 14.9 Å². The third-order valence-corrected chi connectivity index (χ3v) is 4.34. The topological polar surface area (TPSA) is 76.3 Å². The summed E-state index contributed by atoms with van der Waals surface area (Å²) in [6, 6.07) is 18.6. The quantitative estimate of drug-likeness (QED) is 0.418. The van der Waals surface area contributed by atoms with Gasteiger partial charge in [-0.15, -0.1) is 0 Å². The largest absolute Gasteiger partial charge is 0.292 e. The molecular weight excluding hydrogens is 390 g/mol. The number of halogens is 2. The minimum Gasteiger partial charge on any atom is -0.267 e. The van der Waals surface area contributed by atoms with Crippen molar-refractivity contribution in [1.82, 2.24) is 15.2 Å². The number of nitrogens with one attached hydrogen (secondary N) is 1. The Kier molecular flexibility index (Phi) is 5.13. The molecule has 0 aliphatic rings. The number of hydrogen-bond donors (Lipinski definition) is 1. The first-order chi connectivity index (χ1) is 14.5. The van der Waals surface area contributed by atoms with Crippen molar-refractivity contribution in [1.29, 1.82) is 0 Å². The molecule has 0 radical (unpaired) electrons. The Morgan fingerprint density at radius 3 is 2.37 bits per heavy atom. The maximum Gasteiger partial charge on any atom is 0.292 e. The minimum absolute atomic E-state index is 0.00325. The van der Waals surface area contributed by atoms with E-state index in [1.54, 1.807) is 54.6 Å². The summed E-state index contributed by atoms with van der Waals surface area (Å²) in [7, 11) is 0. The first-order valence-electron chi connectivity index (χ1n) is 8.90. The fourth-order valence-electron chi connectivity index (χ4n) is 2.91. The molecule has 0 saturated carbocycles. The Bertz CT molecular complexity index is 1330. The zero-order valence-electron chi connectivity index (χ0n) is 15.4. The number of benzene rings is 3. The molecule has 1 aromatic heterocycles. The lowest BCUT2D eigenvalue weighted by molar-refractivity contribution is 0.0950. The fraction of sp³-hybridized carbons (Fsp3) is 0. The van der Waals surface area contributed by atoms with E-state index >= 15 is 0 Å². The summed E-state index contributed by atoms with van der Waals surface area (Å²) in [5.74, 6) is -2.65. The van der Waals surface area contributed by atoms with Gasteiger partial charge in [-0.3, -0.25) is 9.59 Å². The molecular formula is C22H14F2N4O2. The number of carbonyl (C=O) groups excluding carboxylic acids is 1. The number of carbonyl (C=O) groups is 1. The van der Waals surface area contributed by atoms with E-state index in [4.69, 9.17) is 0 Å². The fourth-order valence-corrected chi connectivity index (χ4v) is 2.91. The first kappa shape index (κ1) is 19.1. The van der Waals surface area contributed by atoms with Crippen molar-refractivity contribution in [2.45, 2.75) is 0 Å². The van der Waals surface area contributed by atoms with E-state index in [9.17, 15) is 18.4 Å². The number of para-hydroxylation sites is 1. The van der Waals surface area contributed by atoms with E-state index < -0.39 is 17.5 Å². The molecule has 30 heavy (non-hydrogen) atoms. The van der Waals surface area contributed by atoms with Crippen LogP contribution in [0, 0.1) is 11.6 Å². The highest BCUT2D eigenvalue weighted by atomic mass is 19.2. The molecule has 0 bridgehead atoms. The van der Waals surface area contributed by atoms with Crippen LogP contribution in [0.25, 0.3) is 16.5 Å². The maximum absolute atomic E-state index is 13.3. The summed E-state index contributed by atoms with van der Waals surface area (Å²) >= 11 is 0. The van der Waals surface area contributed by atoms with Gasteiger partial charge in [0.15, 0.2) is 17.3 Å². The van der Waals surface area contributed by atoms with Crippen LogP contribution in [-0.2, 0) is 0 Å². The van der Waals surface area contributed by atoms with E-state index in [2.05, 4.69) is 15.6 Å². The Balaban J connectivity index is 1.71. The molecule has 0 aliphatic heterocycles. The predicted octanol–water partition coefficient (Wildman–Crippen LogP) is 3.43. The van der Waals surface area contributed by atoms with Crippen LogP contribution in [0.4, 0.5) is 8.78 Å². The smallest absolute Gasteiger partial charge is 0.267 e. The molecule has 1 heterocycles. The van der Waals surface area contributed by atoms with Crippen molar-refractivity contribution in [2.24, 2.45) is 5.10 Å². The lowest BCUT2D eigenvalue weighted by atomic mass is 10.1. The van der Waals surface area contributed by atoms with Crippen molar-refractivity contribution in [2.75, 3.05) is 0 Å². The molecule has 8 heteroatoms. The molecule has 4 aromatic rings. The van der Waals surface area contributed by atoms with Gasteiger partial charge in [-0.1, -0.05) is 42.5 Å². The van der Waals surface area contributed by atoms with Crippen molar-refractivity contribution in [3.05, 3.63) is 106 Å². The Morgan fingerprint density at radius 1 is 0.933 bits per heavy atom. The molecule has 148 valence electrons. The lowest BCUT2D eigenvalue weighted by Gasteiger charge is -2.10. The normalized spacial score (nSPS) is 11.1. The molecule has 1 N–H and O–H groups in total. The predicted molar refractivity (Wildman–Crippen MR) is 109 cm³/mol. The van der Waals surface area contributed by atoms with Crippen LogP contribution < -0.4 is 11.0 Å². The summed E-state index contributed by atoms with van der Waals surface area (Å²) in [4.78, 5) is 25.6. The molecule has 0 atom stereocenters. The third-order valence-electron chi connectivity index (χ3n) is 4.34. The molecule has 0 spiro atoms. The number of rotatable bonds is 4. The van der Waals surface area contributed by atoms with Gasteiger partial charge < -0.3 is 0 Å². The van der Waals surface area contributed by atoms with Gasteiger partial charge in [-0.05, 0) is 35.9 Å². The molecule has 1 amide bonds. The highest BCUT2D eigenvalue weighted by molar-refractivity contribution is 6.05. The van der Waals surface area contributed by atoms with Gasteiger partial charge in [0.2, 0.25) is 0 Å². The summed E-state index contributed by atoms with van der Waals surface area (Å²) < 4.78 is 27.4. The van der Waals surface area contributed by atoms with E-state index in [0.29, 0.717) is 16.5 Å². The Labute approximate surface area is 169 Å². The average Bonchev–Trinajstić information content (AvgIpc) is 2.77. The van der Waals surface area contributed by atoms with Crippen LogP contribution in [0.15, 0.2) is 82.7 Å². The molecule has 3 aromatic carbocycles. The number of aromatic nitrogens is 2. The van der Waals surface area contributed by atoms with Gasteiger partial charge in [0.25, 0.3) is 11.5 Å². The number of amides is 1. The van der Waals surface area contributed by atoms with E-state index in [-0.39, 0.29) is 16.8 Å². The second kappa shape index (κ2) is 8.04. The summed E-state index contributed by atoms with van der Waals surface area (Å²) in [5, 5.41) is 8.71. The molecule has 6 nitrogen and oxygen atoms in total. The molecule has 0 unspecified atom stereocenters. The number of nitrogens with zero attached hydrogens (tertiary/aromatic N) is 3. The van der Waals surface area contributed by atoms with Crippen LogP contribution in [0.1, 0.15) is 16.1 Å². The zero-order chi connectivity index (χ0) is 21.1. The second-order valence-corrected chi connectivity index (χ2v) is 6.32. The third kappa shape index (κ3) is 3.70. The van der Waals surface area contributed by atoms with Crippen LogP contribution >= 0.6 is 0 Å². The summed E-state index contributed by atoms with van der Waals surface area (Å²) in [6.07, 6.45) is 1.18. The zero-order valence-corrected chi connectivity index (χ0v) is 15.4. The van der Waals surface area contributed by atoms with E-state index in [1.807, 2.05) is 0 Å². The van der Waals surface area contributed by atoms with Crippen molar-refractivity contribution >= 4 is 22.9 Å². The van der Waals surface area contributed by atoms with Crippen LogP contribution in [0.3, 0.4) is 0 Å². The van der Waals surface area contributed by atoms with Gasteiger partial charge in [0, 0.05) is 5.39 Å². The molecule has 0 saturated heterocycles. The molecule has 0 aliphatic carbocycles. The van der Waals surface area contributed by atoms with Gasteiger partial charge in [0.05, 0.1) is 17.3 Å². The minimum atomic E-state index is -1.02. The standard InChI is InChI=1S/C22H14F2N4O2/c23-18-11-10-14(12-19(18)24)13-25-26-21(29)20-16-8-4-5-9-17(16)22(30)28(27-20)15-6-2-1-3-7-15/h1-13H,(H,26,29)/b25-13-. The van der Waals surface area contributed by atoms with Gasteiger partial charge in [-0.25, -0.2) is 14.2 Å². The van der Waals surface area contributed by atoms with Crippen LogP contribution in [0.5, 0.6) is 0 Å². The average molecular weight is 404 g/mol. The molecule has 0 fully saturated rings. The first-order valence-corrected chi connectivity index (χ1v) is 8.90. The van der Waals surface area contributed by atoms with Crippen molar-refractivity contribution in [3.8, 4) is 5.69 Å². The highest BCUT2D eigenvalue weighted by Crippen LogP contribution is 2.15. The summed E-state index contributed by atoms with van der Waals surface area (Å²) in [5.41, 5.74) is 2.71. The SMILES string of the molecule is O=C(N/N=C\c1ccc(F)c(F)c1)c1nn(-c2ccccc2)c(=O)c2ccccc12. The number of hydrogen-bond acceptors (Lipinski definition) is 4. The Hall–Kier alpha value is -4.20. The monoisotopic (exact) mass is 404 g/mol. The molecule has 4 rings (SSSR count). The van der Waals surface area contributed by atoms with E-state index in [1.165, 1.54) is 12.3 Å². The van der Waals surface area contributed by atoms with Crippen molar-refractivity contribution in [3.63, 3.8) is 0 Å². The van der Waals surface area contributed by atoms with Gasteiger partial charge in [0.1, 0.15) is 0 Å². The van der Waals surface area contributed by atoms with Crippen LogP contribution in [-0.4, -0.2) is 21.9 Å². The van der Waals surface area contributed by atoms with Crippen LogP contribution in [0.2, 0.25) is 0 Å². The maximum atomic E-state index is 13.3. The summed E-state index contributed by atoms with van der Waals surface area (Å²) in [6.45, 7) is 0.